The SMILES string of the molecule is Cl.O=C(c1ccccc1)N1CCN(c2ccc(OC3CCN(C4CCC4)CC3)cc2)C(=O)C1. The number of hydrogen-bond acceptors (Lipinski definition) is 4. The van der Waals surface area contributed by atoms with E-state index in [4.69, 9.17) is 4.74 Å². The minimum atomic E-state index is -0.0919. The van der Waals surface area contributed by atoms with Crippen LogP contribution in [0.3, 0.4) is 0 Å². The summed E-state index contributed by atoms with van der Waals surface area (Å²) in [6.07, 6.45) is 6.53. The van der Waals surface area contributed by atoms with E-state index in [1.165, 1.54) is 19.3 Å². The third-order valence-electron chi connectivity index (χ3n) is 7.05. The fourth-order valence-electron chi connectivity index (χ4n) is 4.89. The fourth-order valence-corrected chi connectivity index (χ4v) is 4.89. The second-order valence-electron chi connectivity index (χ2n) is 9.07. The van der Waals surface area contributed by atoms with E-state index in [0.717, 1.165) is 43.4 Å². The molecule has 1 saturated carbocycles. The van der Waals surface area contributed by atoms with Crippen LogP contribution >= 0.6 is 12.4 Å². The monoisotopic (exact) mass is 469 g/mol. The third kappa shape index (κ3) is 5.33. The Bertz CT molecular complexity index is 941. The van der Waals surface area contributed by atoms with E-state index in [1.54, 1.807) is 21.9 Å². The van der Waals surface area contributed by atoms with Gasteiger partial charge in [0, 0.05) is 43.5 Å². The van der Waals surface area contributed by atoms with Gasteiger partial charge in [-0.15, -0.1) is 12.4 Å². The zero-order valence-corrected chi connectivity index (χ0v) is 19.7. The van der Waals surface area contributed by atoms with E-state index in [0.29, 0.717) is 18.7 Å². The van der Waals surface area contributed by atoms with Crippen molar-refractivity contribution in [2.45, 2.75) is 44.2 Å². The lowest BCUT2D eigenvalue weighted by molar-refractivity contribution is -0.120. The molecule has 2 heterocycles. The Balaban J connectivity index is 0.00000259. The smallest absolute Gasteiger partial charge is 0.254 e. The maximum atomic E-state index is 12.8. The molecule has 176 valence electrons. The lowest BCUT2D eigenvalue weighted by Gasteiger charge is -2.41. The first-order chi connectivity index (χ1) is 15.7. The molecule has 0 atom stereocenters. The van der Waals surface area contributed by atoms with Gasteiger partial charge in [-0.05, 0) is 62.1 Å². The molecule has 6 nitrogen and oxygen atoms in total. The van der Waals surface area contributed by atoms with Gasteiger partial charge in [0.15, 0.2) is 0 Å². The van der Waals surface area contributed by atoms with Gasteiger partial charge in [-0.3, -0.25) is 9.59 Å². The number of piperazine rings is 1. The zero-order valence-electron chi connectivity index (χ0n) is 18.9. The standard InChI is InChI=1S/C26H31N3O3.ClH/c30-25-19-28(26(31)20-5-2-1-3-6-20)17-18-29(25)22-9-11-23(12-10-22)32-24-13-15-27(16-14-24)21-7-4-8-21;/h1-3,5-6,9-12,21,24H,4,7-8,13-19H2;1H. The lowest BCUT2D eigenvalue weighted by atomic mass is 9.90. The second kappa shape index (κ2) is 10.6. The van der Waals surface area contributed by atoms with Crippen molar-refractivity contribution < 1.29 is 14.3 Å². The average molecular weight is 470 g/mol. The van der Waals surface area contributed by atoms with E-state index in [-0.39, 0.29) is 36.9 Å². The van der Waals surface area contributed by atoms with Crippen molar-refractivity contribution in [3.63, 3.8) is 0 Å². The fraction of sp³-hybridized carbons (Fsp3) is 0.462. The number of carbonyl (C=O) groups excluding carboxylic acids is 2. The van der Waals surface area contributed by atoms with Gasteiger partial charge in [-0.1, -0.05) is 24.6 Å². The van der Waals surface area contributed by atoms with E-state index < -0.39 is 0 Å². The predicted molar refractivity (Wildman–Crippen MR) is 131 cm³/mol. The molecule has 0 N–H and O–H groups in total. The van der Waals surface area contributed by atoms with Gasteiger partial charge in [-0.25, -0.2) is 0 Å². The van der Waals surface area contributed by atoms with Crippen LogP contribution in [-0.4, -0.2) is 66.5 Å². The topological polar surface area (TPSA) is 53.1 Å². The molecule has 2 aromatic rings. The second-order valence-corrected chi connectivity index (χ2v) is 9.07. The number of anilines is 1. The molecule has 2 saturated heterocycles. The van der Waals surface area contributed by atoms with Crippen molar-refractivity contribution in [1.82, 2.24) is 9.80 Å². The number of likely N-dealkylation sites (tertiary alicyclic amines) is 1. The number of ether oxygens (including phenoxy) is 1. The molecule has 0 spiro atoms. The molecule has 0 bridgehead atoms. The van der Waals surface area contributed by atoms with Crippen LogP contribution in [0.4, 0.5) is 5.69 Å². The van der Waals surface area contributed by atoms with Gasteiger partial charge in [0.25, 0.3) is 5.91 Å². The summed E-state index contributed by atoms with van der Waals surface area (Å²) in [6.45, 7) is 3.39. The molecule has 3 fully saturated rings. The molecule has 5 rings (SSSR count). The van der Waals surface area contributed by atoms with Gasteiger partial charge in [0.05, 0.1) is 0 Å². The minimum absolute atomic E-state index is 0. The molecule has 2 aliphatic heterocycles. The number of amides is 2. The number of piperidine rings is 1. The number of nitrogens with zero attached hydrogens (tertiary/aromatic N) is 3. The van der Waals surface area contributed by atoms with Crippen molar-refractivity contribution in [2.75, 3.05) is 37.6 Å². The molecule has 0 aromatic heterocycles. The summed E-state index contributed by atoms with van der Waals surface area (Å²) >= 11 is 0. The molecule has 1 aliphatic carbocycles. The Labute approximate surface area is 201 Å². The van der Waals surface area contributed by atoms with E-state index in [1.807, 2.05) is 42.5 Å². The van der Waals surface area contributed by atoms with Crippen LogP contribution in [-0.2, 0) is 4.79 Å². The van der Waals surface area contributed by atoms with E-state index in [2.05, 4.69) is 4.90 Å². The van der Waals surface area contributed by atoms with Crippen LogP contribution in [0.25, 0.3) is 0 Å². The zero-order chi connectivity index (χ0) is 21.9. The van der Waals surface area contributed by atoms with Crippen molar-refractivity contribution in [1.29, 1.82) is 0 Å². The number of rotatable bonds is 5. The van der Waals surface area contributed by atoms with E-state index >= 15 is 0 Å². The van der Waals surface area contributed by atoms with E-state index in [9.17, 15) is 9.59 Å². The molecule has 3 aliphatic rings. The third-order valence-corrected chi connectivity index (χ3v) is 7.05. The predicted octanol–water partition coefficient (Wildman–Crippen LogP) is 3.99. The number of benzene rings is 2. The summed E-state index contributed by atoms with van der Waals surface area (Å²) < 4.78 is 6.22. The quantitative estimate of drug-likeness (QED) is 0.664. The highest BCUT2D eigenvalue weighted by atomic mass is 35.5. The highest BCUT2D eigenvalue weighted by Crippen LogP contribution is 2.29. The Hall–Kier alpha value is -2.57. The minimum Gasteiger partial charge on any atom is -0.490 e. The first-order valence-corrected chi connectivity index (χ1v) is 11.8. The van der Waals surface area contributed by atoms with Gasteiger partial charge < -0.3 is 19.4 Å². The summed E-state index contributed by atoms with van der Waals surface area (Å²) in [5.41, 5.74) is 1.47. The van der Waals surface area contributed by atoms with Crippen LogP contribution in [0.15, 0.2) is 54.6 Å². The van der Waals surface area contributed by atoms with Crippen molar-refractivity contribution in [3.05, 3.63) is 60.2 Å². The molecule has 2 amide bonds. The molecule has 0 radical (unpaired) electrons. The van der Waals surface area contributed by atoms with Crippen molar-refractivity contribution in [2.24, 2.45) is 0 Å². The maximum Gasteiger partial charge on any atom is 0.254 e. The molecule has 0 unspecified atom stereocenters. The van der Waals surface area contributed by atoms with Crippen LogP contribution in [0.5, 0.6) is 5.75 Å². The number of carbonyl (C=O) groups is 2. The van der Waals surface area contributed by atoms with Gasteiger partial charge in [0.2, 0.25) is 5.91 Å². The van der Waals surface area contributed by atoms with Gasteiger partial charge in [-0.2, -0.15) is 0 Å². The summed E-state index contributed by atoms with van der Waals surface area (Å²) in [4.78, 5) is 31.4. The first kappa shape index (κ1) is 23.6. The van der Waals surface area contributed by atoms with Crippen molar-refractivity contribution in [3.8, 4) is 5.75 Å². The van der Waals surface area contributed by atoms with Gasteiger partial charge in [0.1, 0.15) is 18.4 Å². The first-order valence-electron chi connectivity index (χ1n) is 11.8. The highest BCUT2D eigenvalue weighted by Gasteiger charge is 2.30. The molecule has 7 heteroatoms. The molecular formula is C26H32ClN3O3. The Morgan fingerprint density at radius 3 is 2.15 bits per heavy atom. The lowest BCUT2D eigenvalue weighted by Crippen LogP contribution is -2.52. The van der Waals surface area contributed by atoms with Crippen molar-refractivity contribution >= 4 is 29.9 Å². The number of halogens is 1. The summed E-state index contributed by atoms with van der Waals surface area (Å²) in [6, 6.07) is 17.8. The Kier molecular flexibility index (Phi) is 7.56. The maximum absolute atomic E-state index is 12.8. The van der Waals surface area contributed by atoms with Crippen LogP contribution in [0, 0.1) is 0 Å². The molecule has 2 aromatic carbocycles. The van der Waals surface area contributed by atoms with Crippen LogP contribution in [0.1, 0.15) is 42.5 Å². The molecular weight excluding hydrogens is 438 g/mol. The van der Waals surface area contributed by atoms with Gasteiger partial charge >= 0.3 is 0 Å². The summed E-state index contributed by atoms with van der Waals surface area (Å²) in [5.74, 6) is 0.712. The van der Waals surface area contributed by atoms with Crippen LogP contribution < -0.4 is 9.64 Å². The number of hydrogen-bond donors (Lipinski definition) is 0. The summed E-state index contributed by atoms with van der Waals surface area (Å²) in [5, 5.41) is 0. The largest absolute Gasteiger partial charge is 0.490 e. The Morgan fingerprint density at radius 2 is 1.55 bits per heavy atom. The highest BCUT2D eigenvalue weighted by molar-refractivity contribution is 6.01. The summed E-state index contributed by atoms with van der Waals surface area (Å²) in [7, 11) is 0. The molecule has 33 heavy (non-hydrogen) atoms. The van der Waals surface area contributed by atoms with Crippen LogP contribution in [0.2, 0.25) is 0 Å². The normalized spacial score (nSPS) is 20.2. The Morgan fingerprint density at radius 1 is 0.848 bits per heavy atom. The average Bonchev–Trinajstić information content (AvgIpc) is 2.80.